The number of halogens is 1. The zero-order valence-corrected chi connectivity index (χ0v) is 11.2. The molecule has 3 nitrogen and oxygen atoms in total. The molecule has 1 aromatic heterocycles. The topological polar surface area (TPSA) is 61.1 Å². The molecule has 1 N–H and O–H groups in total. The van der Waals surface area contributed by atoms with Crippen LogP contribution in [0.1, 0.15) is 19.4 Å². The van der Waals surface area contributed by atoms with Gasteiger partial charge in [-0.3, -0.25) is 4.79 Å². The van der Waals surface area contributed by atoms with E-state index in [1.807, 2.05) is 0 Å². The summed E-state index contributed by atoms with van der Waals surface area (Å²) in [6, 6.07) is 3.43. The standard InChI is InChI=1S/C11H10BrNO2S/c1-6(2)10(14)8(4-13)11(15)7-3-9(12)16-5-7/h3,5-6,15H,1-2H3. The number of allylic oxidation sites excluding steroid dienone is 1. The van der Waals surface area contributed by atoms with Crippen LogP contribution in [0.4, 0.5) is 0 Å². The van der Waals surface area contributed by atoms with Gasteiger partial charge in [0, 0.05) is 16.9 Å². The third kappa shape index (κ3) is 2.71. The monoisotopic (exact) mass is 299 g/mol. The van der Waals surface area contributed by atoms with Gasteiger partial charge in [-0.15, -0.1) is 11.3 Å². The lowest BCUT2D eigenvalue weighted by Gasteiger charge is -2.04. The lowest BCUT2D eigenvalue weighted by atomic mass is 9.99. The largest absolute Gasteiger partial charge is 0.506 e. The fourth-order valence-electron chi connectivity index (χ4n) is 1.09. The maximum atomic E-state index is 11.6. The smallest absolute Gasteiger partial charge is 0.179 e. The highest BCUT2D eigenvalue weighted by atomic mass is 79.9. The number of carbonyl (C=O) groups is 1. The SMILES string of the molecule is CC(C)C(=O)C(C#N)=C(O)c1csc(Br)c1. The molecule has 16 heavy (non-hydrogen) atoms. The lowest BCUT2D eigenvalue weighted by molar-refractivity contribution is -0.117. The number of carbonyl (C=O) groups excluding carboxylic acids is 1. The molecular formula is C11H10BrNO2S. The van der Waals surface area contributed by atoms with Gasteiger partial charge in [0.15, 0.2) is 5.78 Å². The average Bonchev–Trinajstić information content (AvgIpc) is 2.65. The summed E-state index contributed by atoms with van der Waals surface area (Å²) in [5.41, 5.74) is 0.308. The Morgan fingerprint density at radius 3 is 2.62 bits per heavy atom. The molecule has 1 aromatic rings. The minimum atomic E-state index is -0.345. The maximum Gasteiger partial charge on any atom is 0.179 e. The quantitative estimate of drug-likeness (QED) is 0.528. The molecule has 0 radical (unpaired) electrons. The molecule has 0 atom stereocenters. The predicted molar refractivity (Wildman–Crippen MR) is 67.0 cm³/mol. The van der Waals surface area contributed by atoms with Crippen LogP contribution in [0.5, 0.6) is 0 Å². The molecule has 0 saturated carbocycles. The second kappa shape index (κ2) is 5.28. The summed E-state index contributed by atoms with van der Waals surface area (Å²) in [6.07, 6.45) is 0. The van der Waals surface area contributed by atoms with Crippen LogP contribution in [0.25, 0.3) is 5.76 Å². The molecule has 5 heteroatoms. The van der Waals surface area contributed by atoms with Crippen LogP contribution in [0.2, 0.25) is 0 Å². The van der Waals surface area contributed by atoms with Crippen LogP contribution < -0.4 is 0 Å². The van der Waals surface area contributed by atoms with Gasteiger partial charge >= 0.3 is 0 Å². The number of hydrogen-bond acceptors (Lipinski definition) is 4. The molecule has 84 valence electrons. The first-order valence-corrected chi connectivity index (χ1v) is 6.26. The molecule has 1 heterocycles. The summed E-state index contributed by atoms with van der Waals surface area (Å²) in [4.78, 5) is 11.6. The maximum absolute atomic E-state index is 11.6. The Hall–Kier alpha value is -1.12. The van der Waals surface area contributed by atoms with Crippen molar-refractivity contribution in [3.63, 3.8) is 0 Å². The first-order valence-electron chi connectivity index (χ1n) is 4.59. The summed E-state index contributed by atoms with van der Waals surface area (Å²) in [5.74, 6) is -0.899. The van der Waals surface area contributed by atoms with Gasteiger partial charge in [-0.2, -0.15) is 5.26 Å². The van der Waals surface area contributed by atoms with Crippen molar-refractivity contribution in [3.05, 3.63) is 26.4 Å². The molecule has 0 unspecified atom stereocenters. The molecule has 0 aliphatic heterocycles. The van der Waals surface area contributed by atoms with Crippen LogP contribution >= 0.6 is 27.3 Å². The molecule has 0 spiro atoms. The molecule has 0 bridgehead atoms. The lowest BCUT2D eigenvalue weighted by Crippen LogP contribution is -2.11. The Balaban J connectivity index is 3.20. The number of aliphatic hydroxyl groups is 1. The van der Waals surface area contributed by atoms with Crippen LogP contribution in [-0.4, -0.2) is 10.9 Å². The van der Waals surface area contributed by atoms with Crippen LogP contribution in [0.15, 0.2) is 20.8 Å². The van der Waals surface area contributed by atoms with E-state index in [2.05, 4.69) is 15.9 Å². The number of hydrogen-bond donors (Lipinski definition) is 1. The number of nitrogens with zero attached hydrogens (tertiary/aromatic N) is 1. The summed E-state index contributed by atoms with van der Waals surface area (Å²) in [6.45, 7) is 3.38. The molecule has 0 aromatic carbocycles. The van der Waals surface area contributed by atoms with Crippen molar-refractivity contribution >= 4 is 38.8 Å². The van der Waals surface area contributed by atoms with Crippen LogP contribution in [0.3, 0.4) is 0 Å². The van der Waals surface area contributed by atoms with E-state index in [-0.39, 0.29) is 23.0 Å². The van der Waals surface area contributed by atoms with Crippen molar-refractivity contribution in [1.29, 1.82) is 5.26 Å². The van der Waals surface area contributed by atoms with Gasteiger partial charge < -0.3 is 5.11 Å². The molecule has 0 saturated heterocycles. The first-order chi connectivity index (χ1) is 7.47. The van der Waals surface area contributed by atoms with E-state index in [4.69, 9.17) is 5.26 Å². The zero-order valence-electron chi connectivity index (χ0n) is 8.82. The van der Waals surface area contributed by atoms with E-state index >= 15 is 0 Å². The molecule has 0 aliphatic rings. The minimum absolute atomic E-state index is 0.180. The number of thiophene rings is 1. The molecular weight excluding hydrogens is 290 g/mol. The van der Waals surface area contributed by atoms with Gasteiger partial charge in [-0.1, -0.05) is 13.8 Å². The third-order valence-corrected chi connectivity index (χ3v) is 3.46. The average molecular weight is 300 g/mol. The van der Waals surface area contributed by atoms with E-state index in [9.17, 15) is 9.90 Å². The Labute approximate surface area is 106 Å². The molecule has 1 rings (SSSR count). The van der Waals surface area contributed by atoms with Gasteiger partial charge in [-0.05, 0) is 22.0 Å². The number of rotatable bonds is 3. The molecule has 0 fully saturated rings. The third-order valence-electron chi connectivity index (χ3n) is 1.96. The van der Waals surface area contributed by atoms with E-state index in [0.717, 1.165) is 3.79 Å². The van der Waals surface area contributed by atoms with Gasteiger partial charge in [-0.25, -0.2) is 0 Å². The summed E-state index contributed by atoms with van der Waals surface area (Å²) in [7, 11) is 0. The summed E-state index contributed by atoms with van der Waals surface area (Å²) < 4.78 is 0.836. The summed E-state index contributed by atoms with van der Waals surface area (Å²) >= 11 is 4.64. The molecule has 0 amide bonds. The number of ketones is 1. The van der Waals surface area contributed by atoms with Crippen LogP contribution in [-0.2, 0) is 4.79 Å². The van der Waals surface area contributed by atoms with Crippen molar-refractivity contribution in [2.24, 2.45) is 5.92 Å². The van der Waals surface area contributed by atoms with Gasteiger partial charge in [0.2, 0.25) is 0 Å². The highest BCUT2D eigenvalue weighted by molar-refractivity contribution is 9.11. The van der Waals surface area contributed by atoms with Crippen LogP contribution in [0, 0.1) is 17.2 Å². The van der Waals surface area contributed by atoms with E-state index < -0.39 is 0 Å². The van der Waals surface area contributed by atoms with Crippen molar-refractivity contribution < 1.29 is 9.90 Å². The van der Waals surface area contributed by atoms with Gasteiger partial charge in [0.1, 0.15) is 17.4 Å². The Bertz CT molecular complexity index is 482. The summed E-state index contributed by atoms with van der Waals surface area (Å²) in [5, 5.41) is 20.4. The van der Waals surface area contributed by atoms with Gasteiger partial charge in [0.05, 0.1) is 3.79 Å². The van der Waals surface area contributed by atoms with E-state index in [1.54, 1.807) is 31.4 Å². The minimum Gasteiger partial charge on any atom is -0.506 e. The van der Waals surface area contributed by atoms with Crippen molar-refractivity contribution in [2.45, 2.75) is 13.8 Å². The predicted octanol–water partition coefficient (Wildman–Crippen LogP) is 3.53. The Morgan fingerprint density at radius 1 is 1.62 bits per heavy atom. The van der Waals surface area contributed by atoms with E-state index in [1.165, 1.54) is 11.3 Å². The van der Waals surface area contributed by atoms with Crippen molar-refractivity contribution in [1.82, 2.24) is 0 Å². The van der Waals surface area contributed by atoms with Gasteiger partial charge in [0.25, 0.3) is 0 Å². The second-order valence-corrected chi connectivity index (χ2v) is 5.78. The second-order valence-electron chi connectivity index (χ2n) is 3.49. The number of aliphatic hydroxyl groups excluding tert-OH is 1. The molecule has 0 aliphatic carbocycles. The fourth-order valence-corrected chi connectivity index (χ4v) is 2.23. The highest BCUT2D eigenvalue weighted by Crippen LogP contribution is 2.27. The highest BCUT2D eigenvalue weighted by Gasteiger charge is 2.19. The van der Waals surface area contributed by atoms with E-state index in [0.29, 0.717) is 5.56 Å². The number of nitriles is 1. The number of Topliss-reactive ketones (excluding diaryl/α,β-unsaturated/α-hetero) is 1. The first kappa shape index (κ1) is 12.9. The fraction of sp³-hybridized carbons (Fsp3) is 0.273. The zero-order chi connectivity index (χ0) is 12.3. The normalized spacial score (nSPS) is 12.2. The Morgan fingerprint density at radius 2 is 2.25 bits per heavy atom. The van der Waals surface area contributed by atoms with Crippen molar-refractivity contribution in [3.8, 4) is 6.07 Å². The van der Waals surface area contributed by atoms with Crippen molar-refractivity contribution in [2.75, 3.05) is 0 Å². The Kier molecular flexibility index (Phi) is 4.27.